The van der Waals surface area contributed by atoms with Gasteiger partial charge in [0.1, 0.15) is 0 Å². The molecule has 0 aliphatic rings. The summed E-state index contributed by atoms with van der Waals surface area (Å²) in [6, 6.07) is 23.2. The van der Waals surface area contributed by atoms with Crippen molar-refractivity contribution in [3.8, 4) is 0 Å². The van der Waals surface area contributed by atoms with Crippen LogP contribution < -0.4 is 10.6 Å². The number of carbonyl (C=O) groups excluding carboxylic acids is 3. The molecular formula is C24H22N2O4S. The Morgan fingerprint density at radius 1 is 0.839 bits per heavy atom. The van der Waals surface area contributed by atoms with Gasteiger partial charge in [-0.3, -0.25) is 9.59 Å². The highest BCUT2D eigenvalue weighted by atomic mass is 32.2. The first kappa shape index (κ1) is 22.1. The zero-order valence-corrected chi connectivity index (χ0v) is 17.8. The number of amides is 2. The summed E-state index contributed by atoms with van der Waals surface area (Å²) < 4.78 is 5.15. The van der Waals surface area contributed by atoms with Gasteiger partial charge in [-0.1, -0.05) is 48.5 Å². The van der Waals surface area contributed by atoms with Crippen LogP contribution in [0.1, 0.15) is 15.9 Å². The third-order valence-corrected chi connectivity index (χ3v) is 5.04. The number of carbonyl (C=O) groups is 3. The fraction of sp³-hybridized carbons (Fsp3) is 0.125. The zero-order chi connectivity index (χ0) is 22.1. The summed E-state index contributed by atoms with van der Waals surface area (Å²) in [7, 11) is 0. The van der Waals surface area contributed by atoms with Gasteiger partial charge in [0, 0.05) is 10.6 Å². The molecule has 0 unspecified atom stereocenters. The number of hydrogen-bond acceptors (Lipinski definition) is 5. The second-order valence-corrected chi connectivity index (χ2v) is 7.49. The standard InChI is InChI=1S/C24H22N2O4S/c1-31-19-11-7-10-18(15-19)25-23(28)16-30-24(29)20-12-5-6-13-21(20)26-22(27)14-17-8-3-2-4-9-17/h2-13,15H,14,16H2,1H3,(H,25,28)(H,26,27). The van der Waals surface area contributed by atoms with E-state index in [1.54, 1.807) is 42.1 Å². The Bertz CT molecular complexity index is 1070. The molecule has 3 aromatic carbocycles. The highest BCUT2D eigenvalue weighted by Crippen LogP contribution is 2.19. The van der Waals surface area contributed by atoms with Gasteiger partial charge in [-0.2, -0.15) is 0 Å². The summed E-state index contributed by atoms with van der Waals surface area (Å²) in [5.41, 5.74) is 2.01. The van der Waals surface area contributed by atoms with Gasteiger partial charge in [0.25, 0.3) is 5.91 Å². The number of anilines is 2. The van der Waals surface area contributed by atoms with E-state index in [-0.39, 0.29) is 17.9 Å². The Hall–Kier alpha value is -3.58. The highest BCUT2D eigenvalue weighted by molar-refractivity contribution is 7.98. The number of esters is 1. The Morgan fingerprint density at radius 3 is 2.35 bits per heavy atom. The van der Waals surface area contributed by atoms with Crippen LogP contribution >= 0.6 is 11.8 Å². The van der Waals surface area contributed by atoms with E-state index >= 15 is 0 Å². The minimum atomic E-state index is -0.691. The first-order valence-corrected chi connectivity index (χ1v) is 10.8. The van der Waals surface area contributed by atoms with Gasteiger partial charge in [0.15, 0.2) is 6.61 Å². The van der Waals surface area contributed by atoms with Crippen molar-refractivity contribution in [2.45, 2.75) is 11.3 Å². The van der Waals surface area contributed by atoms with Crippen LogP contribution in [0, 0.1) is 0 Å². The van der Waals surface area contributed by atoms with E-state index in [9.17, 15) is 14.4 Å². The first-order valence-electron chi connectivity index (χ1n) is 9.59. The van der Waals surface area contributed by atoms with Crippen molar-refractivity contribution in [3.63, 3.8) is 0 Å². The van der Waals surface area contributed by atoms with E-state index in [0.717, 1.165) is 10.5 Å². The van der Waals surface area contributed by atoms with Crippen LogP contribution in [0.2, 0.25) is 0 Å². The van der Waals surface area contributed by atoms with Crippen LogP contribution in [0.25, 0.3) is 0 Å². The molecule has 0 heterocycles. The normalized spacial score (nSPS) is 10.2. The molecule has 0 saturated heterocycles. The third-order valence-electron chi connectivity index (χ3n) is 4.32. The molecule has 0 spiro atoms. The fourth-order valence-corrected chi connectivity index (χ4v) is 3.31. The van der Waals surface area contributed by atoms with E-state index in [2.05, 4.69) is 10.6 Å². The van der Waals surface area contributed by atoms with Crippen molar-refractivity contribution in [1.82, 2.24) is 0 Å². The lowest BCUT2D eigenvalue weighted by Gasteiger charge is -2.11. The van der Waals surface area contributed by atoms with Crippen molar-refractivity contribution in [1.29, 1.82) is 0 Å². The van der Waals surface area contributed by atoms with Gasteiger partial charge in [-0.25, -0.2) is 4.79 Å². The number of rotatable bonds is 8. The largest absolute Gasteiger partial charge is 0.452 e. The van der Waals surface area contributed by atoms with E-state index < -0.39 is 18.5 Å². The smallest absolute Gasteiger partial charge is 0.340 e. The van der Waals surface area contributed by atoms with Crippen molar-refractivity contribution in [2.24, 2.45) is 0 Å². The monoisotopic (exact) mass is 434 g/mol. The topological polar surface area (TPSA) is 84.5 Å². The van der Waals surface area contributed by atoms with Crippen LogP contribution in [0.4, 0.5) is 11.4 Å². The molecule has 0 aliphatic carbocycles. The molecule has 0 aliphatic heterocycles. The summed E-state index contributed by atoms with van der Waals surface area (Å²) in [5.74, 6) is -1.39. The summed E-state index contributed by atoms with van der Waals surface area (Å²) in [6.07, 6.45) is 2.13. The van der Waals surface area contributed by atoms with Gasteiger partial charge in [-0.05, 0) is 42.2 Å². The molecule has 6 nitrogen and oxygen atoms in total. The maximum Gasteiger partial charge on any atom is 0.340 e. The predicted octanol–water partition coefficient (Wildman–Crippen LogP) is 4.39. The summed E-state index contributed by atoms with van der Waals surface area (Å²) in [5, 5.41) is 5.44. The summed E-state index contributed by atoms with van der Waals surface area (Å²) >= 11 is 1.56. The molecule has 7 heteroatoms. The molecule has 0 saturated carbocycles. The van der Waals surface area contributed by atoms with Crippen molar-refractivity contribution >= 4 is 40.9 Å². The van der Waals surface area contributed by atoms with Gasteiger partial charge in [-0.15, -0.1) is 11.8 Å². The minimum Gasteiger partial charge on any atom is -0.452 e. The molecule has 0 atom stereocenters. The molecular weight excluding hydrogens is 412 g/mol. The Balaban J connectivity index is 1.57. The van der Waals surface area contributed by atoms with Crippen LogP contribution in [-0.2, 0) is 20.7 Å². The lowest BCUT2D eigenvalue weighted by atomic mass is 10.1. The first-order chi connectivity index (χ1) is 15.0. The summed E-state index contributed by atoms with van der Waals surface area (Å²) in [6.45, 7) is -0.436. The SMILES string of the molecule is CSc1cccc(NC(=O)COC(=O)c2ccccc2NC(=O)Cc2ccccc2)c1. The Kier molecular flexibility index (Phi) is 7.84. The van der Waals surface area contributed by atoms with Gasteiger partial charge in [0.2, 0.25) is 5.91 Å². The molecule has 0 aromatic heterocycles. The number of ether oxygens (including phenoxy) is 1. The molecule has 2 amide bonds. The van der Waals surface area contributed by atoms with Crippen molar-refractivity contribution in [3.05, 3.63) is 90.0 Å². The molecule has 2 N–H and O–H groups in total. The number of hydrogen-bond donors (Lipinski definition) is 2. The fourth-order valence-electron chi connectivity index (χ4n) is 2.85. The average Bonchev–Trinajstić information content (AvgIpc) is 2.78. The van der Waals surface area contributed by atoms with Gasteiger partial charge >= 0.3 is 5.97 Å². The quantitative estimate of drug-likeness (QED) is 0.406. The lowest BCUT2D eigenvalue weighted by Crippen LogP contribution is -2.22. The lowest BCUT2D eigenvalue weighted by molar-refractivity contribution is -0.119. The molecule has 3 rings (SSSR count). The second kappa shape index (κ2) is 11.0. The van der Waals surface area contributed by atoms with E-state index in [1.807, 2.05) is 54.8 Å². The van der Waals surface area contributed by atoms with E-state index in [0.29, 0.717) is 11.4 Å². The van der Waals surface area contributed by atoms with Crippen molar-refractivity contribution < 1.29 is 19.1 Å². The van der Waals surface area contributed by atoms with E-state index in [4.69, 9.17) is 4.74 Å². The summed E-state index contributed by atoms with van der Waals surface area (Å²) in [4.78, 5) is 38.0. The van der Waals surface area contributed by atoms with E-state index in [1.165, 1.54) is 0 Å². The van der Waals surface area contributed by atoms with Crippen molar-refractivity contribution in [2.75, 3.05) is 23.5 Å². The molecule has 0 radical (unpaired) electrons. The predicted molar refractivity (Wildman–Crippen MR) is 122 cm³/mol. The molecule has 0 fully saturated rings. The van der Waals surface area contributed by atoms with Crippen LogP contribution in [0.15, 0.2) is 83.8 Å². The zero-order valence-electron chi connectivity index (χ0n) is 17.0. The second-order valence-electron chi connectivity index (χ2n) is 6.61. The van der Waals surface area contributed by atoms with Crippen LogP contribution in [0.3, 0.4) is 0 Å². The number of thioether (sulfide) groups is 1. The Morgan fingerprint density at radius 2 is 1.58 bits per heavy atom. The van der Waals surface area contributed by atoms with Crippen LogP contribution in [0.5, 0.6) is 0 Å². The highest BCUT2D eigenvalue weighted by Gasteiger charge is 2.16. The molecule has 0 bridgehead atoms. The maximum atomic E-state index is 12.5. The number of benzene rings is 3. The van der Waals surface area contributed by atoms with Gasteiger partial charge in [0.05, 0.1) is 17.7 Å². The molecule has 31 heavy (non-hydrogen) atoms. The number of para-hydroxylation sites is 1. The van der Waals surface area contributed by atoms with Gasteiger partial charge < -0.3 is 15.4 Å². The maximum absolute atomic E-state index is 12.5. The Labute approximate surface area is 185 Å². The van der Waals surface area contributed by atoms with Crippen LogP contribution in [-0.4, -0.2) is 30.6 Å². The average molecular weight is 435 g/mol. The minimum absolute atomic E-state index is 0.182. The third kappa shape index (κ3) is 6.72. The molecule has 3 aromatic rings. The molecule has 158 valence electrons. The number of nitrogens with one attached hydrogen (secondary N) is 2.